The Bertz CT molecular complexity index is 403. The van der Waals surface area contributed by atoms with Crippen molar-refractivity contribution >= 4 is 0 Å². The van der Waals surface area contributed by atoms with Crippen LogP contribution in [-0.2, 0) is 4.74 Å². The summed E-state index contributed by atoms with van der Waals surface area (Å²) in [6.45, 7) is 5.83. The molecule has 4 heteroatoms. The molecule has 0 heterocycles. The van der Waals surface area contributed by atoms with E-state index in [0.717, 1.165) is 19.3 Å². The molecular formula is C16H28O4. The van der Waals surface area contributed by atoms with E-state index in [1.807, 2.05) is 13.0 Å². The van der Waals surface area contributed by atoms with Crippen LogP contribution in [0.15, 0.2) is 11.6 Å². The number of rotatable bonds is 3. The molecule has 4 nitrogen and oxygen atoms in total. The summed E-state index contributed by atoms with van der Waals surface area (Å²) < 4.78 is 5.65. The minimum Gasteiger partial charge on any atom is -0.393 e. The van der Waals surface area contributed by atoms with Crippen LogP contribution < -0.4 is 0 Å². The number of hydrogen-bond donors (Lipinski definition) is 3. The summed E-state index contributed by atoms with van der Waals surface area (Å²) in [7, 11) is 1.67. The topological polar surface area (TPSA) is 69.9 Å². The van der Waals surface area contributed by atoms with Gasteiger partial charge in [0.1, 0.15) is 5.60 Å². The lowest BCUT2D eigenvalue weighted by Crippen LogP contribution is -2.65. The Balaban J connectivity index is 2.61. The molecular weight excluding hydrogens is 256 g/mol. The number of aliphatic hydroxyl groups excluding tert-OH is 2. The molecule has 2 aliphatic rings. The van der Waals surface area contributed by atoms with E-state index >= 15 is 0 Å². The Morgan fingerprint density at radius 3 is 2.40 bits per heavy atom. The van der Waals surface area contributed by atoms with Crippen LogP contribution in [0.25, 0.3) is 0 Å². The van der Waals surface area contributed by atoms with Crippen molar-refractivity contribution in [3.63, 3.8) is 0 Å². The first kappa shape index (κ1) is 16.0. The van der Waals surface area contributed by atoms with E-state index in [-0.39, 0.29) is 30.7 Å². The lowest BCUT2D eigenvalue weighted by molar-refractivity contribution is -0.192. The van der Waals surface area contributed by atoms with Gasteiger partial charge in [0.2, 0.25) is 0 Å². The molecule has 2 aliphatic carbocycles. The summed E-state index contributed by atoms with van der Waals surface area (Å²) in [4.78, 5) is 0. The van der Waals surface area contributed by atoms with E-state index in [9.17, 15) is 15.3 Å². The van der Waals surface area contributed by atoms with Crippen molar-refractivity contribution in [3.8, 4) is 0 Å². The number of methoxy groups -OCH3 is 1. The van der Waals surface area contributed by atoms with Crippen LogP contribution in [0.4, 0.5) is 0 Å². The van der Waals surface area contributed by atoms with Gasteiger partial charge in [-0.3, -0.25) is 0 Å². The number of aliphatic hydroxyl groups is 3. The van der Waals surface area contributed by atoms with Crippen molar-refractivity contribution in [1.29, 1.82) is 0 Å². The molecule has 0 amide bonds. The second kappa shape index (κ2) is 5.09. The largest absolute Gasteiger partial charge is 0.393 e. The lowest BCUT2D eigenvalue weighted by Gasteiger charge is -2.61. The SMILES string of the molecule is COC1C=C(CO)[C@](O)(CO)[C@@]2(C)CCCC(C)(C)[C@H]12. The van der Waals surface area contributed by atoms with Gasteiger partial charge in [-0.1, -0.05) is 33.3 Å². The molecule has 20 heavy (non-hydrogen) atoms. The monoisotopic (exact) mass is 284 g/mol. The normalized spacial score (nSPS) is 43.9. The first-order valence-corrected chi connectivity index (χ1v) is 7.45. The highest BCUT2D eigenvalue weighted by molar-refractivity contribution is 5.32. The fourth-order valence-electron chi connectivity index (χ4n) is 4.82. The average Bonchev–Trinajstić information content (AvgIpc) is 2.39. The molecule has 0 bridgehead atoms. The molecule has 1 unspecified atom stereocenters. The first-order valence-electron chi connectivity index (χ1n) is 7.45. The van der Waals surface area contributed by atoms with E-state index in [2.05, 4.69) is 13.8 Å². The van der Waals surface area contributed by atoms with Crippen molar-refractivity contribution in [3.05, 3.63) is 11.6 Å². The summed E-state index contributed by atoms with van der Waals surface area (Å²) in [5, 5.41) is 30.6. The van der Waals surface area contributed by atoms with Gasteiger partial charge in [-0.2, -0.15) is 0 Å². The molecule has 0 aromatic heterocycles. The van der Waals surface area contributed by atoms with E-state index in [1.165, 1.54) is 0 Å². The Kier molecular flexibility index (Phi) is 4.06. The fourth-order valence-corrected chi connectivity index (χ4v) is 4.82. The molecule has 0 saturated heterocycles. The van der Waals surface area contributed by atoms with Gasteiger partial charge < -0.3 is 20.1 Å². The zero-order valence-corrected chi connectivity index (χ0v) is 13.0. The van der Waals surface area contributed by atoms with Crippen LogP contribution >= 0.6 is 0 Å². The third kappa shape index (κ3) is 1.97. The minimum atomic E-state index is -1.36. The van der Waals surface area contributed by atoms with Gasteiger partial charge in [-0.05, 0) is 23.8 Å². The van der Waals surface area contributed by atoms with Crippen molar-refractivity contribution in [1.82, 2.24) is 0 Å². The van der Waals surface area contributed by atoms with Crippen LogP contribution in [0.5, 0.6) is 0 Å². The van der Waals surface area contributed by atoms with Gasteiger partial charge in [0.15, 0.2) is 0 Å². The predicted octanol–water partition coefficient (Wildman–Crippen LogP) is 1.49. The molecule has 0 aromatic carbocycles. The highest BCUT2D eigenvalue weighted by atomic mass is 16.5. The van der Waals surface area contributed by atoms with Gasteiger partial charge in [0.25, 0.3) is 0 Å². The van der Waals surface area contributed by atoms with Gasteiger partial charge in [0, 0.05) is 18.4 Å². The molecule has 0 aliphatic heterocycles. The zero-order chi connectivity index (χ0) is 15.2. The predicted molar refractivity (Wildman–Crippen MR) is 77.2 cm³/mol. The highest BCUT2D eigenvalue weighted by Gasteiger charge is 2.62. The third-order valence-electron chi connectivity index (χ3n) is 5.89. The summed E-state index contributed by atoms with van der Waals surface area (Å²) >= 11 is 0. The quantitative estimate of drug-likeness (QED) is 0.687. The summed E-state index contributed by atoms with van der Waals surface area (Å²) in [5.74, 6) is 0.112. The Morgan fingerprint density at radius 1 is 1.25 bits per heavy atom. The maximum atomic E-state index is 11.1. The molecule has 1 saturated carbocycles. The van der Waals surface area contributed by atoms with E-state index < -0.39 is 11.0 Å². The first-order chi connectivity index (χ1) is 9.26. The van der Waals surface area contributed by atoms with E-state index in [0.29, 0.717) is 5.57 Å². The number of ether oxygens (including phenoxy) is 1. The van der Waals surface area contributed by atoms with E-state index in [1.54, 1.807) is 7.11 Å². The van der Waals surface area contributed by atoms with Crippen molar-refractivity contribution < 1.29 is 20.1 Å². The van der Waals surface area contributed by atoms with Gasteiger partial charge in [-0.25, -0.2) is 0 Å². The standard InChI is InChI=1S/C16H28O4/c1-14(2)6-5-7-15(3)13(14)12(20-4)8-11(9-17)16(15,19)10-18/h8,12-13,17-19H,5-7,9-10H2,1-4H3/t12?,13-,15-,16+/m0/s1. The van der Waals surface area contributed by atoms with Gasteiger partial charge in [0.05, 0.1) is 19.3 Å². The second-order valence-corrected chi connectivity index (χ2v) is 7.31. The molecule has 116 valence electrons. The lowest BCUT2D eigenvalue weighted by atomic mass is 9.46. The van der Waals surface area contributed by atoms with Gasteiger partial charge >= 0.3 is 0 Å². The average molecular weight is 284 g/mol. The Hall–Kier alpha value is -0.420. The second-order valence-electron chi connectivity index (χ2n) is 7.31. The molecule has 0 aromatic rings. The summed E-state index contributed by atoms with van der Waals surface area (Å²) in [6.07, 6.45) is 4.60. The number of hydrogen-bond acceptors (Lipinski definition) is 4. The Morgan fingerprint density at radius 2 is 1.90 bits per heavy atom. The smallest absolute Gasteiger partial charge is 0.117 e. The molecule has 3 N–H and O–H groups in total. The highest BCUT2D eigenvalue weighted by Crippen LogP contribution is 2.61. The molecule has 1 fully saturated rings. The van der Waals surface area contributed by atoms with Crippen molar-refractivity contribution in [2.24, 2.45) is 16.7 Å². The van der Waals surface area contributed by atoms with Crippen LogP contribution in [-0.4, -0.2) is 47.3 Å². The molecule has 2 rings (SSSR count). The van der Waals surface area contributed by atoms with Crippen LogP contribution in [0.3, 0.4) is 0 Å². The summed E-state index contributed by atoms with van der Waals surface area (Å²) in [5.41, 5.74) is -1.34. The number of fused-ring (bicyclic) bond motifs is 1. The maximum absolute atomic E-state index is 11.1. The van der Waals surface area contributed by atoms with Crippen molar-refractivity contribution in [2.75, 3.05) is 20.3 Å². The van der Waals surface area contributed by atoms with Crippen LogP contribution in [0.2, 0.25) is 0 Å². The minimum absolute atomic E-state index is 0.0221. The zero-order valence-electron chi connectivity index (χ0n) is 13.0. The van der Waals surface area contributed by atoms with Crippen molar-refractivity contribution in [2.45, 2.75) is 51.7 Å². The fraction of sp³-hybridized carbons (Fsp3) is 0.875. The molecule has 4 atom stereocenters. The van der Waals surface area contributed by atoms with Crippen LogP contribution in [0.1, 0.15) is 40.0 Å². The van der Waals surface area contributed by atoms with E-state index in [4.69, 9.17) is 4.74 Å². The molecule has 0 radical (unpaired) electrons. The van der Waals surface area contributed by atoms with Crippen LogP contribution in [0, 0.1) is 16.7 Å². The Labute approximate surface area is 121 Å². The molecule has 0 spiro atoms. The summed E-state index contributed by atoms with van der Waals surface area (Å²) in [6, 6.07) is 0. The maximum Gasteiger partial charge on any atom is 0.117 e. The third-order valence-corrected chi connectivity index (χ3v) is 5.89. The van der Waals surface area contributed by atoms with Gasteiger partial charge in [-0.15, -0.1) is 0 Å².